The summed E-state index contributed by atoms with van der Waals surface area (Å²) in [5.41, 5.74) is 20.5. The molecule has 2 nitrogen and oxygen atoms in total. The van der Waals surface area contributed by atoms with Crippen LogP contribution >= 0.6 is 0 Å². The fourth-order valence-electron chi connectivity index (χ4n) is 12.3. The van der Waals surface area contributed by atoms with Gasteiger partial charge in [0.2, 0.25) is 0 Å². The quantitative estimate of drug-likeness (QED) is 0.151. The molecule has 63 heavy (non-hydrogen) atoms. The number of fused-ring (bicyclic) bond motifs is 10. The van der Waals surface area contributed by atoms with Crippen LogP contribution in [0.25, 0.3) is 22.3 Å². The van der Waals surface area contributed by atoms with E-state index in [1.54, 1.807) is 0 Å². The lowest BCUT2D eigenvalue weighted by Crippen LogP contribution is -2.26. The summed E-state index contributed by atoms with van der Waals surface area (Å²) in [5, 5.41) is 0. The Bertz CT molecular complexity index is 2730. The first-order chi connectivity index (χ1) is 31.3. The Hall–Kier alpha value is -6.64. The van der Waals surface area contributed by atoms with Crippen LogP contribution in [0, 0.1) is 0 Å². The highest BCUT2D eigenvalue weighted by Gasteiger charge is 2.52. The molecule has 8 aromatic carbocycles. The Morgan fingerprint density at radius 1 is 0.302 bits per heavy atom. The average molecular weight is 815 g/mol. The van der Waals surface area contributed by atoms with Gasteiger partial charge in [0.25, 0.3) is 0 Å². The maximum absolute atomic E-state index is 2.56. The molecule has 0 unspecified atom stereocenters. The highest BCUT2D eigenvalue weighted by atomic mass is 15.2. The maximum atomic E-state index is 2.56. The van der Waals surface area contributed by atoms with Gasteiger partial charge in [-0.15, -0.1) is 0 Å². The van der Waals surface area contributed by atoms with E-state index in [0.29, 0.717) is 11.8 Å². The van der Waals surface area contributed by atoms with Crippen molar-refractivity contribution in [1.82, 2.24) is 0 Å². The summed E-state index contributed by atoms with van der Waals surface area (Å²) in [6, 6.07) is 73.9. The second-order valence-corrected chi connectivity index (χ2v) is 18.4. The molecule has 4 aliphatic carbocycles. The molecule has 12 rings (SSSR count). The Morgan fingerprint density at radius 2 is 0.667 bits per heavy atom. The van der Waals surface area contributed by atoms with Crippen molar-refractivity contribution in [1.29, 1.82) is 0 Å². The van der Waals surface area contributed by atoms with Gasteiger partial charge in [-0.05, 0) is 154 Å². The van der Waals surface area contributed by atoms with E-state index in [9.17, 15) is 0 Å². The third-order valence-electron chi connectivity index (χ3n) is 15.0. The van der Waals surface area contributed by atoms with E-state index >= 15 is 0 Å². The molecule has 2 heteroatoms. The molecule has 8 aromatic rings. The van der Waals surface area contributed by atoms with Crippen molar-refractivity contribution in [2.75, 3.05) is 9.80 Å². The van der Waals surface area contributed by atoms with Gasteiger partial charge in [0.05, 0.1) is 5.41 Å². The highest BCUT2D eigenvalue weighted by Crippen LogP contribution is 2.64. The smallest absolute Gasteiger partial charge is 0.0727 e. The van der Waals surface area contributed by atoms with Gasteiger partial charge in [-0.25, -0.2) is 0 Å². The first kappa shape index (κ1) is 38.1. The molecule has 2 saturated carbocycles. The van der Waals surface area contributed by atoms with Gasteiger partial charge in [0, 0.05) is 34.1 Å². The van der Waals surface area contributed by atoms with E-state index in [4.69, 9.17) is 0 Å². The van der Waals surface area contributed by atoms with Crippen molar-refractivity contribution in [2.24, 2.45) is 0 Å². The lowest BCUT2D eigenvalue weighted by atomic mass is 9.70. The van der Waals surface area contributed by atoms with E-state index in [0.717, 1.165) is 0 Å². The van der Waals surface area contributed by atoms with Crippen LogP contribution in [0.2, 0.25) is 0 Å². The molecule has 0 heterocycles. The minimum absolute atomic E-state index is 0.514. The third kappa shape index (κ3) is 6.21. The fraction of sp³-hybridized carbons (Fsp3) is 0.213. The lowest BCUT2D eigenvalue weighted by molar-refractivity contribution is 0.444. The van der Waals surface area contributed by atoms with Crippen molar-refractivity contribution in [3.8, 4) is 22.3 Å². The van der Waals surface area contributed by atoms with Gasteiger partial charge in [-0.3, -0.25) is 0 Å². The van der Waals surface area contributed by atoms with E-state index < -0.39 is 5.41 Å². The third-order valence-corrected chi connectivity index (χ3v) is 15.0. The summed E-state index contributed by atoms with van der Waals surface area (Å²) in [6.07, 6.45) is 12.9. The number of anilines is 6. The number of nitrogens with zero attached hydrogens (tertiary/aromatic N) is 2. The largest absolute Gasteiger partial charge is 0.310 e. The summed E-state index contributed by atoms with van der Waals surface area (Å²) in [7, 11) is 0. The van der Waals surface area contributed by atoms with Crippen LogP contribution in [0.5, 0.6) is 0 Å². The van der Waals surface area contributed by atoms with E-state index in [-0.39, 0.29) is 0 Å². The van der Waals surface area contributed by atoms with Crippen LogP contribution in [0.3, 0.4) is 0 Å². The number of benzene rings is 8. The maximum Gasteiger partial charge on any atom is 0.0727 e. The van der Waals surface area contributed by atoms with Gasteiger partial charge in [0.15, 0.2) is 0 Å². The minimum atomic E-state index is -0.514. The van der Waals surface area contributed by atoms with Crippen molar-refractivity contribution in [3.63, 3.8) is 0 Å². The Morgan fingerprint density at radius 3 is 1.11 bits per heavy atom. The Balaban J connectivity index is 1.10. The van der Waals surface area contributed by atoms with Crippen LogP contribution < -0.4 is 9.80 Å². The second-order valence-electron chi connectivity index (χ2n) is 18.4. The van der Waals surface area contributed by atoms with Gasteiger partial charge >= 0.3 is 0 Å². The van der Waals surface area contributed by atoms with Crippen molar-refractivity contribution in [3.05, 3.63) is 228 Å². The predicted octanol–water partition coefficient (Wildman–Crippen LogP) is 17.1. The highest BCUT2D eigenvalue weighted by molar-refractivity contribution is 5.97. The lowest BCUT2D eigenvalue weighted by Gasteiger charge is -2.35. The number of hydrogen-bond donors (Lipinski definition) is 0. The molecular formula is C61H54N2. The topological polar surface area (TPSA) is 6.48 Å². The molecule has 308 valence electrons. The normalized spacial score (nSPS) is 16.3. The Kier molecular flexibility index (Phi) is 9.62. The molecule has 0 radical (unpaired) electrons. The van der Waals surface area contributed by atoms with Crippen LogP contribution in [0.1, 0.15) is 109 Å². The summed E-state index contributed by atoms with van der Waals surface area (Å²) in [5.74, 6) is 1.13. The van der Waals surface area contributed by atoms with Crippen molar-refractivity contribution >= 4 is 34.1 Å². The molecule has 0 aromatic heterocycles. The molecule has 1 spiro atoms. The average Bonchev–Trinajstić information content (AvgIpc) is 3.82. The molecule has 0 N–H and O–H groups in total. The second kappa shape index (κ2) is 15.9. The fourth-order valence-corrected chi connectivity index (χ4v) is 12.3. The predicted molar refractivity (Wildman–Crippen MR) is 264 cm³/mol. The van der Waals surface area contributed by atoms with Crippen molar-refractivity contribution in [2.45, 2.75) is 81.5 Å². The molecular weight excluding hydrogens is 761 g/mol. The van der Waals surface area contributed by atoms with Gasteiger partial charge in [-0.2, -0.15) is 0 Å². The molecule has 0 bridgehead atoms. The van der Waals surface area contributed by atoms with Crippen LogP contribution in [-0.2, 0) is 5.41 Å². The Labute approximate surface area is 373 Å². The SMILES string of the molecule is c1ccc(N(c2ccc3c(c2)C2(c4ccccc4-c4ccccc42)c2cc(N(c4ccccc4)c4ccccc4C4CCCCC4)ccc2-3)c2ccccc2C2CCCCC2)cc1. The zero-order chi connectivity index (χ0) is 41.7. The first-order valence-corrected chi connectivity index (χ1v) is 23.7. The van der Waals surface area contributed by atoms with Gasteiger partial charge in [0.1, 0.15) is 0 Å². The monoisotopic (exact) mass is 814 g/mol. The molecule has 0 amide bonds. The first-order valence-electron chi connectivity index (χ1n) is 23.7. The van der Waals surface area contributed by atoms with Gasteiger partial charge < -0.3 is 9.80 Å². The summed E-state index contributed by atoms with van der Waals surface area (Å²) >= 11 is 0. The number of para-hydroxylation sites is 4. The van der Waals surface area contributed by atoms with Crippen molar-refractivity contribution < 1.29 is 0 Å². The number of hydrogen-bond acceptors (Lipinski definition) is 2. The standard InChI is InChI=1S/C61H54N2/c1-5-21-43(22-6-1)49-29-15-19-35-59(49)62(45-25-9-3-10-26-45)47-37-39-53-54-40-38-48(63(46-27-11-4-12-28-46)60-36-20-16-30-50(60)44-23-7-2-8-24-44)42-58(54)61(57(53)41-47)55-33-17-13-31-51(55)52-32-14-18-34-56(52)61/h3-4,9-20,25-44H,1-2,5-8,21-24H2. The minimum Gasteiger partial charge on any atom is -0.310 e. The van der Waals surface area contributed by atoms with E-state index in [2.05, 4.69) is 204 Å². The van der Waals surface area contributed by atoms with Crippen LogP contribution in [0.15, 0.2) is 194 Å². The molecule has 0 saturated heterocycles. The molecule has 4 aliphatic rings. The van der Waals surface area contributed by atoms with E-state index in [1.165, 1.54) is 154 Å². The van der Waals surface area contributed by atoms with E-state index in [1.807, 2.05) is 0 Å². The summed E-state index contributed by atoms with van der Waals surface area (Å²) in [4.78, 5) is 5.11. The molecule has 0 aliphatic heterocycles. The van der Waals surface area contributed by atoms with Gasteiger partial charge in [-0.1, -0.05) is 172 Å². The zero-order valence-corrected chi connectivity index (χ0v) is 36.1. The van der Waals surface area contributed by atoms with Crippen LogP contribution in [0.4, 0.5) is 34.1 Å². The summed E-state index contributed by atoms with van der Waals surface area (Å²) in [6.45, 7) is 0. The molecule has 0 atom stereocenters. The van der Waals surface area contributed by atoms with Crippen LogP contribution in [-0.4, -0.2) is 0 Å². The zero-order valence-electron chi connectivity index (χ0n) is 36.1. The molecule has 2 fully saturated rings. The number of rotatable bonds is 8. The summed E-state index contributed by atoms with van der Waals surface area (Å²) < 4.78 is 0.